The van der Waals surface area contributed by atoms with Gasteiger partial charge in [-0.15, -0.1) is 0 Å². The number of rotatable bonds is 6. The van der Waals surface area contributed by atoms with Crippen LogP contribution in [0.3, 0.4) is 0 Å². The molecule has 4 rings (SSSR count). The minimum Gasteiger partial charge on any atom is -0.488 e. The molecule has 10 heteroatoms. The van der Waals surface area contributed by atoms with Crippen LogP contribution < -0.4 is 15.0 Å². The van der Waals surface area contributed by atoms with E-state index < -0.39 is 16.7 Å². The lowest BCUT2D eigenvalue weighted by Crippen LogP contribution is -2.54. The summed E-state index contributed by atoms with van der Waals surface area (Å²) in [6.45, 7) is 0.0554. The number of benzene rings is 3. The van der Waals surface area contributed by atoms with Crippen LogP contribution in [0.15, 0.2) is 82.8 Å². The molecule has 2 amide bonds. The van der Waals surface area contributed by atoms with Gasteiger partial charge in [0.1, 0.15) is 17.9 Å². The molecular weight excluding hydrogens is 522 g/mol. The van der Waals surface area contributed by atoms with E-state index >= 15 is 0 Å². The number of anilines is 1. The van der Waals surface area contributed by atoms with Gasteiger partial charge in [-0.05, 0) is 54.2 Å². The Morgan fingerprint density at radius 1 is 1.06 bits per heavy atom. The zero-order valence-electron chi connectivity index (χ0n) is 17.4. The number of nitrogens with zero attached hydrogens (tertiary/aromatic N) is 2. The molecule has 3 aromatic carbocycles. The summed E-state index contributed by atoms with van der Waals surface area (Å²) in [4.78, 5) is 37.7. The van der Waals surface area contributed by atoms with E-state index in [-0.39, 0.29) is 23.0 Å². The van der Waals surface area contributed by atoms with Gasteiger partial charge < -0.3 is 4.74 Å². The summed E-state index contributed by atoms with van der Waals surface area (Å²) in [7, 11) is 0. The monoisotopic (exact) mass is 537 g/mol. The highest BCUT2D eigenvalue weighted by molar-refractivity contribution is 9.10. The summed E-state index contributed by atoms with van der Waals surface area (Å²) in [5, 5.41) is 13.6. The topological polar surface area (TPSA) is 102 Å². The third kappa shape index (κ3) is 5.03. The van der Waals surface area contributed by atoms with E-state index in [1.165, 1.54) is 23.1 Å². The van der Waals surface area contributed by atoms with Gasteiger partial charge in [0.2, 0.25) is 0 Å². The molecule has 170 valence electrons. The highest BCUT2D eigenvalue weighted by Gasteiger charge is 2.34. The van der Waals surface area contributed by atoms with Gasteiger partial charge in [-0.25, -0.2) is 0 Å². The van der Waals surface area contributed by atoms with Gasteiger partial charge in [0.05, 0.1) is 10.6 Å². The summed E-state index contributed by atoms with van der Waals surface area (Å²) in [6.07, 6.45) is 1.43. The first-order valence-corrected chi connectivity index (χ1v) is 11.2. The predicted octanol–water partition coefficient (Wildman–Crippen LogP) is 4.77. The number of thiocarbonyl (C=S) groups is 1. The van der Waals surface area contributed by atoms with Crippen LogP contribution in [0.4, 0.5) is 11.4 Å². The summed E-state index contributed by atoms with van der Waals surface area (Å²) >= 11 is 8.61. The van der Waals surface area contributed by atoms with Crippen molar-refractivity contribution < 1.29 is 19.2 Å². The number of carbonyl (C=O) groups excluding carboxylic acids is 2. The molecule has 1 fully saturated rings. The smallest absolute Gasteiger partial charge is 0.270 e. The van der Waals surface area contributed by atoms with E-state index in [2.05, 4.69) is 21.2 Å². The predicted molar refractivity (Wildman–Crippen MR) is 134 cm³/mol. The lowest BCUT2D eigenvalue weighted by Gasteiger charge is -2.29. The number of nitro groups is 1. The standard InChI is InChI=1S/C24H16BrN3O5S/c25-17-9-10-21(33-14-15-5-4-8-19(11-15)28(31)32)16(12-17)13-20-22(29)26-24(34)27(23(20)30)18-6-2-1-3-7-18/h1-13H,14H2,(H,26,29,34)/b20-13-. The van der Waals surface area contributed by atoms with Crippen molar-refractivity contribution in [3.8, 4) is 5.75 Å². The maximum absolute atomic E-state index is 13.2. The first kappa shape index (κ1) is 23.3. The van der Waals surface area contributed by atoms with E-state index in [1.54, 1.807) is 54.6 Å². The molecule has 1 aliphatic rings. The molecule has 3 aromatic rings. The lowest BCUT2D eigenvalue weighted by molar-refractivity contribution is -0.384. The second kappa shape index (κ2) is 9.94. The normalized spacial score (nSPS) is 14.8. The van der Waals surface area contributed by atoms with Crippen LogP contribution in [0, 0.1) is 10.1 Å². The number of hydrogen-bond acceptors (Lipinski definition) is 6. The molecule has 0 unspecified atom stereocenters. The molecule has 1 heterocycles. The molecule has 0 bridgehead atoms. The van der Waals surface area contributed by atoms with Crippen molar-refractivity contribution >= 4 is 62.5 Å². The Hall–Kier alpha value is -3.89. The Morgan fingerprint density at radius 2 is 1.82 bits per heavy atom. The Labute approximate surface area is 208 Å². The number of para-hydroxylation sites is 1. The summed E-state index contributed by atoms with van der Waals surface area (Å²) in [5.74, 6) is -0.793. The van der Waals surface area contributed by atoms with E-state index in [1.807, 2.05) is 6.07 Å². The number of ether oxygens (including phenoxy) is 1. The molecule has 0 aromatic heterocycles. The van der Waals surface area contributed by atoms with Gasteiger partial charge in [0, 0.05) is 22.2 Å². The molecule has 8 nitrogen and oxygen atoms in total. The lowest BCUT2D eigenvalue weighted by atomic mass is 10.1. The fraction of sp³-hybridized carbons (Fsp3) is 0.0417. The van der Waals surface area contributed by atoms with Crippen LogP contribution >= 0.6 is 28.1 Å². The van der Waals surface area contributed by atoms with Crippen molar-refractivity contribution in [1.29, 1.82) is 0 Å². The molecular formula is C24H16BrN3O5S. The van der Waals surface area contributed by atoms with Crippen molar-refractivity contribution in [2.45, 2.75) is 6.61 Å². The Morgan fingerprint density at radius 3 is 2.56 bits per heavy atom. The SMILES string of the molecule is O=C1NC(=S)N(c2ccccc2)C(=O)/C1=C\c1cc(Br)ccc1OCc1cccc([N+](=O)[O-])c1. The number of hydrogen-bond donors (Lipinski definition) is 1. The van der Waals surface area contributed by atoms with Crippen LogP contribution in [0.2, 0.25) is 0 Å². The molecule has 0 spiro atoms. The number of halogens is 1. The van der Waals surface area contributed by atoms with Crippen molar-refractivity contribution in [3.05, 3.63) is 104 Å². The van der Waals surface area contributed by atoms with E-state index in [0.717, 1.165) is 0 Å². The van der Waals surface area contributed by atoms with E-state index in [0.29, 0.717) is 27.0 Å². The molecule has 1 N–H and O–H groups in total. The van der Waals surface area contributed by atoms with Crippen LogP contribution in [-0.4, -0.2) is 21.9 Å². The second-order valence-corrected chi connectivity index (χ2v) is 8.49. The van der Waals surface area contributed by atoms with Crippen molar-refractivity contribution in [1.82, 2.24) is 5.32 Å². The zero-order chi connectivity index (χ0) is 24.2. The largest absolute Gasteiger partial charge is 0.488 e. The van der Waals surface area contributed by atoms with Crippen molar-refractivity contribution in [2.75, 3.05) is 4.90 Å². The van der Waals surface area contributed by atoms with Gasteiger partial charge in [-0.1, -0.05) is 46.3 Å². The molecule has 34 heavy (non-hydrogen) atoms. The highest BCUT2D eigenvalue weighted by Crippen LogP contribution is 2.29. The van der Waals surface area contributed by atoms with Gasteiger partial charge in [-0.2, -0.15) is 0 Å². The average Bonchev–Trinajstić information content (AvgIpc) is 2.82. The van der Waals surface area contributed by atoms with Crippen LogP contribution in [0.25, 0.3) is 6.08 Å². The minimum atomic E-state index is -0.619. The zero-order valence-corrected chi connectivity index (χ0v) is 19.8. The fourth-order valence-corrected chi connectivity index (χ4v) is 3.97. The number of nitrogens with one attached hydrogen (secondary N) is 1. The molecule has 0 radical (unpaired) electrons. The fourth-order valence-electron chi connectivity index (χ4n) is 3.31. The quantitative estimate of drug-likeness (QED) is 0.160. The van der Waals surface area contributed by atoms with Crippen molar-refractivity contribution in [3.63, 3.8) is 0 Å². The number of amides is 2. The van der Waals surface area contributed by atoms with Gasteiger partial charge in [-0.3, -0.25) is 29.9 Å². The molecule has 0 saturated carbocycles. The number of carbonyl (C=O) groups is 2. The van der Waals surface area contributed by atoms with Gasteiger partial charge in [0.15, 0.2) is 5.11 Å². The van der Waals surface area contributed by atoms with Crippen LogP contribution in [-0.2, 0) is 16.2 Å². The summed E-state index contributed by atoms with van der Waals surface area (Å²) < 4.78 is 6.60. The van der Waals surface area contributed by atoms with Crippen LogP contribution in [0.5, 0.6) is 5.75 Å². The maximum atomic E-state index is 13.2. The van der Waals surface area contributed by atoms with Gasteiger partial charge in [0.25, 0.3) is 17.5 Å². The van der Waals surface area contributed by atoms with E-state index in [9.17, 15) is 19.7 Å². The Bertz CT molecular complexity index is 1340. The minimum absolute atomic E-state index is 0.00487. The first-order valence-electron chi connectivity index (χ1n) is 9.95. The van der Waals surface area contributed by atoms with Crippen molar-refractivity contribution in [2.24, 2.45) is 0 Å². The maximum Gasteiger partial charge on any atom is 0.270 e. The molecule has 1 saturated heterocycles. The highest BCUT2D eigenvalue weighted by atomic mass is 79.9. The molecule has 0 atom stereocenters. The summed E-state index contributed by atoms with van der Waals surface area (Å²) in [6, 6.07) is 20.0. The number of non-ortho nitro benzene ring substituents is 1. The third-order valence-electron chi connectivity index (χ3n) is 4.90. The second-order valence-electron chi connectivity index (χ2n) is 7.19. The first-order chi connectivity index (χ1) is 16.3. The Kier molecular flexibility index (Phi) is 6.80. The Balaban J connectivity index is 1.65. The van der Waals surface area contributed by atoms with E-state index in [4.69, 9.17) is 17.0 Å². The third-order valence-corrected chi connectivity index (χ3v) is 5.68. The molecule has 0 aliphatic carbocycles. The number of nitro benzene ring substituents is 1. The molecule has 1 aliphatic heterocycles. The van der Waals surface area contributed by atoms with Gasteiger partial charge >= 0.3 is 0 Å². The van der Waals surface area contributed by atoms with Crippen LogP contribution in [0.1, 0.15) is 11.1 Å². The summed E-state index contributed by atoms with van der Waals surface area (Å²) in [5.41, 5.74) is 1.44. The average molecular weight is 538 g/mol.